The lowest BCUT2D eigenvalue weighted by molar-refractivity contribution is -0.148. The molecule has 0 aliphatic carbocycles. The number of amides is 2. The number of nitrogens with one attached hydrogen (secondary N) is 1. The molecule has 2 N–H and O–H groups in total. The van der Waals surface area contributed by atoms with Crippen LogP contribution in [0.5, 0.6) is 0 Å². The zero-order valence-electron chi connectivity index (χ0n) is 14.0. The lowest BCUT2D eigenvalue weighted by Gasteiger charge is -2.32. The first-order valence-corrected chi connectivity index (χ1v) is 7.46. The van der Waals surface area contributed by atoms with Gasteiger partial charge in [-0.15, -0.1) is 0 Å². The number of hydrogen-bond donors (Lipinski definition) is 2. The van der Waals surface area contributed by atoms with Crippen LogP contribution in [0.2, 0.25) is 0 Å². The van der Waals surface area contributed by atoms with Gasteiger partial charge in [-0.1, -0.05) is 43.7 Å². The Morgan fingerprint density at radius 1 is 1.27 bits per heavy atom. The van der Waals surface area contributed by atoms with Crippen LogP contribution in [0.4, 0.5) is 0 Å². The van der Waals surface area contributed by atoms with Gasteiger partial charge in [0.2, 0.25) is 5.91 Å². The Labute approximate surface area is 132 Å². The molecule has 2 amide bonds. The molecule has 0 spiro atoms. The first kappa shape index (κ1) is 18.2. The molecule has 1 aromatic rings. The van der Waals surface area contributed by atoms with Gasteiger partial charge < -0.3 is 4.90 Å². The molecule has 5 heteroatoms. The molecule has 1 aromatic carbocycles. The summed E-state index contributed by atoms with van der Waals surface area (Å²) in [5.41, 5.74) is 3.40. The Morgan fingerprint density at radius 3 is 2.32 bits per heavy atom. The second-order valence-corrected chi connectivity index (χ2v) is 6.44. The summed E-state index contributed by atoms with van der Waals surface area (Å²) >= 11 is 0. The number of carbonyl (C=O) groups excluding carboxylic acids is 2. The topological polar surface area (TPSA) is 69.6 Å². The molecule has 1 unspecified atom stereocenters. The van der Waals surface area contributed by atoms with Crippen molar-refractivity contribution in [2.75, 3.05) is 7.05 Å². The second-order valence-electron chi connectivity index (χ2n) is 6.44. The van der Waals surface area contributed by atoms with Crippen LogP contribution < -0.4 is 5.48 Å². The van der Waals surface area contributed by atoms with Crippen molar-refractivity contribution < 1.29 is 14.8 Å². The van der Waals surface area contributed by atoms with Crippen molar-refractivity contribution in [3.05, 3.63) is 35.4 Å². The van der Waals surface area contributed by atoms with Crippen molar-refractivity contribution >= 4 is 11.8 Å². The molecule has 0 fully saturated rings. The van der Waals surface area contributed by atoms with Crippen molar-refractivity contribution in [3.63, 3.8) is 0 Å². The average molecular weight is 306 g/mol. The number of aryl methyl sites for hydroxylation is 2. The van der Waals surface area contributed by atoms with E-state index in [9.17, 15) is 9.59 Å². The molecular weight excluding hydrogens is 280 g/mol. The molecule has 0 radical (unpaired) electrons. The maximum atomic E-state index is 12.6. The van der Waals surface area contributed by atoms with Gasteiger partial charge in [0.15, 0.2) is 0 Å². The number of hydroxylamine groups is 1. The van der Waals surface area contributed by atoms with E-state index in [4.69, 9.17) is 5.21 Å². The summed E-state index contributed by atoms with van der Waals surface area (Å²) in [6.07, 6.45) is 1.49. The van der Waals surface area contributed by atoms with Gasteiger partial charge in [-0.05, 0) is 32.3 Å². The number of benzene rings is 1. The third kappa shape index (κ3) is 4.56. The summed E-state index contributed by atoms with van der Waals surface area (Å²) in [4.78, 5) is 25.4. The van der Waals surface area contributed by atoms with Gasteiger partial charge >= 0.3 is 0 Å². The fourth-order valence-electron chi connectivity index (χ4n) is 2.24. The second kappa shape index (κ2) is 7.40. The summed E-state index contributed by atoms with van der Waals surface area (Å²) in [5, 5.41) is 8.68. The Bertz CT molecular complexity index is 523. The molecule has 0 saturated heterocycles. The SMILES string of the molecule is Cc1ccc(CCC(C)(C)C(=O)N(C)C(C)C(=O)NO)cc1. The standard InChI is InChI=1S/C17H26N2O3/c1-12-6-8-14(9-7-12)10-11-17(3,4)16(21)19(5)13(2)15(20)18-22/h6-9,13,22H,10-11H2,1-5H3,(H,18,20). The highest BCUT2D eigenvalue weighted by molar-refractivity contribution is 5.88. The predicted molar refractivity (Wildman–Crippen MR) is 85.4 cm³/mol. The van der Waals surface area contributed by atoms with Crippen LogP contribution in [0, 0.1) is 12.3 Å². The van der Waals surface area contributed by atoms with Crippen molar-refractivity contribution in [2.24, 2.45) is 5.41 Å². The van der Waals surface area contributed by atoms with E-state index in [2.05, 4.69) is 24.3 Å². The number of rotatable bonds is 6. The van der Waals surface area contributed by atoms with Gasteiger partial charge in [0.05, 0.1) is 0 Å². The van der Waals surface area contributed by atoms with Crippen molar-refractivity contribution in [1.82, 2.24) is 10.4 Å². The number of hydrogen-bond acceptors (Lipinski definition) is 3. The van der Waals surface area contributed by atoms with Crippen LogP contribution >= 0.6 is 0 Å². The van der Waals surface area contributed by atoms with Gasteiger partial charge in [0, 0.05) is 12.5 Å². The quantitative estimate of drug-likeness (QED) is 0.626. The van der Waals surface area contributed by atoms with Crippen LogP contribution in [0.15, 0.2) is 24.3 Å². The minimum atomic E-state index is -0.712. The van der Waals surface area contributed by atoms with E-state index in [1.807, 2.05) is 20.8 Å². The zero-order chi connectivity index (χ0) is 16.9. The van der Waals surface area contributed by atoms with Crippen LogP contribution in [0.1, 0.15) is 38.3 Å². The smallest absolute Gasteiger partial charge is 0.265 e. The maximum absolute atomic E-state index is 12.6. The van der Waals surface area contributed by atoms with Gasteiger partial charge in [-0.25, -0.2) is 5.48 Å². The van der Waals surface area contributed by atoms with E-state index in [1.54, 1.807) is 19.5 Å². The molecule has 0 aliphatic heterocycles. The highest BCUT2D eigenvalue weighted by Crippen LogP contribution is 2.26. The van der Waals surface area contributed by atoms with Crippen molar-refractivity contribution in [3.8, 4) is 0 Å². The molecule has 0 heterocycles. The van der Waals surface area contributed by atoms with Crippen LogP contribution in [-0.2, 0) is 16.0 Å². The van der Waals surface area contributed by atoms with Gasteiger partial charge in [-0.3, -0.25) is 14.8 Å². The minimum Gasteiger partial charge on any atom is -0.333 e. The first-order valence-electron chi connectivity index (χ1n) is 7.46. The van der Waals surface area contributed by atoms with Gasteiger partial charge in [-0.2, -0.15) is 0 Å². The molecule has 0 saturated carbocycles. The summed E-state index contributed by atoms with van der Waals surface area (Å²) in [7, 11) is 1.58. The van der Waals surface area contributed by atoms with E-state index in [1.165, 1.54) is 16.0 Å². The zero-order valence-corrected chi connectivity index (χ0v) is 14.0. The summed E-state index contributed by atoms with van der Waals surface area (Å²) in [6.45, 7) is 7.38. The van der Waals surface area contributed by atoms with Crippen LogP contribution in [-0.4, -0.2) is 35.0 Å². The van der Waals surface area contributed by atoms with Crippen molar-refractivity contribution in [1.29, 1.82) is 0 Å². The normalized spacial score (nSPS) is 12.6. The Hall–Kier alpha value is -1.88. The minimum absolute atomic E-state index is 0.115. The van der Waals surface area contributed by atoms with E-state index >= 15 is 0 Å². The number of carbonyl (C=O) groups is 2. The molecule has 0 bridgehead atoms. The molecule has 5 nitrogen and oxygen atoms in total. The molecule has 22 heavy (non-hydrogen) atoms. The summed E-state index contributed by atoms with van der Waals surface area (Å²) < 4.78 is 0. The predicted octanol–water partition coefficient (Wildman–Crippen LogP) is 2.31. The third-order valence-electron chi connectivity index (χ3n) is 4.13. The lowest BCUT2D eigenvalue weighted by Crippen LogP contribution is -2.49. The maximum Gasteiger partial charge on any atom is 0.265 e. The monoisotopic (exact) mass is 306 g/mol. The van der Waals surface area contributed by atoms with E-state index in [0.29, 0.717) is 6.42 Å². The molecule has 0 aliphatic rings. The fraction of sp³-hybridized carbons (Fsp3) is 0.529. The van der Waals surface area contributed by atoms with Gasteiger partial charge in [0.1, 0.15) is 6.04 Å². The lowest BCUT2D eigenvalue weighted by atomic mass is 9.84. The molecular formula is C17H26N2O3. The summed E-state index contributed by atoms with van der Waals surface area (Å²) in [5.74, 6) is -0.708. The third-order valence-corrected chi connectivity index (χ3v) is 4.13. The molecule has 0 aromatic heterocycles. The largest absolute Gasteiger partial charge is 0.333 e. The fourth-order valence-corrected chi connectivity index (χ4v) is 2.24. The molecule has 122 valence electrons. The molecule has 1 atom stereocenters. The van der Waals surface area contributed by atoms with Crippen molar-refractivity contribution in [2.45, 2.75) is 46.6 Å². The first-order chi connectivity index (χ1) is 10.2. The Balaban J connectivity index is 2.69. The number of nitrogens with zero attached hydrogens (tertiary/aromatic N) is 1. The van der Waals surface area contributed by atoms with Crippen LogP contribution in [0.25, 0.3) is 0 Å². The van der Waals surface area contributed by atoms with E-state index in [-0.39, 0.29) is 5.91 Å². The van der Waals surface area contributed by atoms with E-state index in [0.717, 1.165) is 6.42 Å². The van der Waals surface area contributed by atoms with Gasteiger partial charge in [0.25, 0.3) is 5.91 Å². The van der Waals surface area contributed by atoms with Crippen LogP contribution in [0.3, 0.4) is 0 Å². The Kier molecular flexibility index (Phi) is 6.11. The highest BCUT2D eigenvalue weighted by atomic mass is 16.5. The highest BCUT2D eigenvalue weighted by Gasteiger charge is 2.33. The Morgan fingerprint density at radius 2 is 1.82 bits per heavy atom. The number of likely N-dealkylation sites (N-methyl/N-ethyl adjacent to an activating group) is 1. The molecule has 1 rings (SSSR count). The van der Waals surface area contributed by atoms with E-state index < -0.39 is 17.4 Å². The average Bonchev–Trinajstić information content (AvgIpc) is 2.51. The summed E-state index contributed by atoms with van der Waals surface area (Å²) in [6, 6.07) is 7.55.